The number of nitrogens with one attached hydrogen (secondary N) is 1. The minimum absolute atomic E-state index is 0.00578. The highest BCUT2D eigenvalue weighted by atomic mass is 35.5. The fourth-order valence-corrected chi connectivity index (χ4v) is 2.07. The van der Waals surface area contributed by atoms with E-state index in [0.29, 0.717) is 0 Å². The van der Waals surface area contributed by atoms with Crippen LogP contribution in [0.2, 0.25) is 5.02 Å². The molecule has 3 N–H and O–H groups in total. The zero-order valence-corrected chi connectivity index (χ0v) is 11.4. The minimum atomic E-state index is -4.43. The van der Waals surface area contributed by atoms with E-state index in [4.69, 9.17) is 16.7 Å². The van der Waals surface area contributed by atoms with E-state index in [9.17, 15) is 26.4 Å². The van der Waals surface area contributed by atoms with Gasteiger partial charge < -0.3 is 5.32 Å². The number of hydrogen-bond donors (Lipinski definition) is 2. The van der Waals surface area contributed by atoms with Gasteiger partial charge in [0.1, 0.15) is 0 Å². The summed E-state index contributed by atoms with van der Waals surface area (Å²) in [7, 11) is -3.95. The van der Waals surface area contributed by atoms with Gasteiger partial charge in [0.05, 0.1) is 22.0 Å². The normalized spacial score (nSPS) is 12.2. The number of nitrogens with two attached hydrogens (primary N) is 1. The molecule has 0 heterocycles. The second-order valence-corrected chi connectivity index (χ2v) is 5.82. The number of rotatable bonds is 4. The summed E-state index contributed by atoms with van der Waals surface area (Å²) in [5, 5.41) is 6.89. The van der Waals surface area contributed by atoms with Crippen LogP contribution in [0.15, 0.2) is 23.1 Å². The molecule has 0 fully saturated rings. The highest BCUT2D eigenvalue weighted by Crippen LogP contribution is 2.26. The van der Waals surface area contributed by atoms with Crippen LogP contribution >= 0.6 is 11.6 Å². The molecule has 0 saturated carbocycles. The molecule has 10 heteroatoms. The molecule has 0 aliphatic rings. The molecule has 1 rings (SSSR count). The van der Waals surface area contributed by atoms with E-state index in [-0.39, 0.29) is 15.6 Å². The number of alkyl halides is 3. The van der Waals surface area contributed by atoms with Crippen molar-refractivity contribution in [3.63, 3.8) is 0 Å². The van der Waals surface area contributed by atoms with E-state index in [2.05, 4.69) is 5.32 Å². The predicted molar refractivity (Wildman–Crippen MR) is 66.7 cm³/mol. The van der Waals surface area contributed by atoms with Gasteiger partial charge in [-0.1, -0.05) is 11.6 Å². The topological polar surface area (TPSA) is 89.3 Å². The van der Waals surface area contributed by atoms with Crippen LogP contribution < -0.4 is 10.5 Å². The van der Waals surface area contributed by atoms with Crippen molar-refractivity contribution >= 4 is 33.2 Å². The molecule has 5 nitrogen and oxygen atoms in total. The van der Waals surface area contributed by atoms with Crippen molar-refractivity contribution in [3.05, 3.63) is 23.2 Å². The maximum absolute atomic E-state index is 11.9. The molecule has 1 aromatic carbocycles. The van der Waals surface area contributed by atoms with Crippen molar-refractivity contribution in [2.75, 3.05) is 5.32 Å². The number of hydrogen-bond acceptors (Lipinski definition) is 3. The van der Waals surface area contributed by atoms with Gasteiger partial charge in [0.25, 0.3) is 0 Å². The van der Waals surface area contributed by atoms with Crippen LogP contribution in [0.5, 0.6) is 0 Å². The van der Waals surface area contributed by atoms with Crippen molar-refractivity contribution in [1.29, 1.82) is 0 Å². The van der Waals surface area contributed by atoms with E-state index in [1.54, 1.807) is 0 Å². The number of anilines is 1. The van der Waals surface area contributed by atoms with Gasteiger partial charge >= 0.3 is 6.18 Å². The summed E-state index contributed by atoms with van der Waals surface area (Å²) in [6, 6.07) is 3.23. The summed E-state index contributed by atoms with van der Waals surface area (Å²) in [5.74, 6) is -0.882. The maximum Gasteiger partial charge on any atom is 0.389 e. The summed E-state index contributed by atoms with van der Waals surface area (Å²) < 4.78 is 57.9. The predicted octanol–water partition coefficient (Wildman–Crippen LogP) is 2.27. The second-order valence-electron chi connectivity index (χ2n) is 3.85. The van der Waals surface area contributed by atoms with E-state index in [0.717, 1.165) is 18.2 Å². The number of sulfonamides is 1. The number of halogens is 4. The van der Waals surface area contributed by atoms with E-state index in [1.165, 1.54) is 0 Å². The third-order valence-corrected chi connectivity index (χ3v) is 3.40. The lowest BCUT2D eigenvalue weighted by Gasteiger charge is -2.09. The fourth-order valence-electron chi connectivity index (χ4n) is 1.24. The number of amides is 1. The van der Waals surface area contributed by atoms with Crippen LogP contribution in [-0.2, 0) is 14.8 Å². The highest BCUT2D eigenvalue weighted by molar-refractivity contribution is 7.89. The summed E-state index contributed by atoms with van der Waals surface area (Å²) in [6.07, 6.45) is -6.44. The Bertz CT molecular complexity index is 617. The Morgan fingerprint density at radius 3 is 2.40 bits per heavy atom. The van der Waals surface area contributed by atoms with E-state index < -0.39 is 34.9 Å². The Balaban J connectivity index is 2.77. The average Bonchev–Trinajstić information content (AvgIpc) is 2.27. The first-order valence-electron chi connectivity index (χ1n) is 5.18. The minimum Gasteiger partial charge on any atom is -0.325 e. The van der Waals surface area contributed by atoms with Gasteiger partial charge in [-0.25, -0.2) is 13.6 Å². The quantitative estimate of drug-likeness (QED) is 0.887. The molecular weight excluding hydrogens is 321 g/mol. The largest absolute Gasteiger partial charge is 0.389 e. The monoisotopic (exact) mass is 330 g/mol. The molecule has 112 valence electrons. The van der Waals surface area contributed by atoms with Crippen LogP contribution in [-0.4, -0.2) is 20.5 Å². The molecule has 0 aromatic heterocycles. The highest BCUT2D eigenvalue weighted by Gasteiger charge is 2.28. The number of carbonyl (C=O) groups excluding carboxylic acids is 1. The van der Waals surface area contributed by atoms with Gasteiger partial charge in [-0.2, -0.15) is 13.2 Å². The Kier molecular flexibility index (Phi) is 5.00. The summed E-state index contributed by atoms with van der Waals surface area (Å²) >= 11 is 5.71. The van der Waals surface area contributed by atoms with E-state index >= 15 is 0 Å². The first-order chi connectivity index (χ1) is 8.99. The molecular formula is C10H10ClF3N2O3S. The third kappa shape index (κ3) is 5.35. The zero-order valence-electron chi connectivity index (χ0n) is 9.87. The standard InChI is InChI=1S/C10H10ClF3N2O3S/c11-7-5-6(20(15,18)19)1-2-8(7)16-9(17)3-4-10(12,13)14/h1-2,5H,3-4H2,(H,16,17)(H2,15,18,19). The Hall–Kier alpha value is -1.32. The lowest BCUT2D eigenvalue weighted by Crippen LogP contribution is -2.17. The van der Waals surface area contributed by atoms with E-state index in [1.807, 2.05) is 0 Å². The molecule has 0 atom stereocenters. The van der Waals surface area contributed by atoms with Crippen molar-refractivity contribution in [3.8, 4) is 0 Å². The van der Waals surface area contributed by atoms with Crippen molar-refractivity contribution in [1.82, 2.24) is 0 Å². The van der Waals surface area contributed by atoms with Gasteiger partial charge in [-0.05, 0) is 18.2 Å². The molecule has 0 saturated heterocycles. The van der Waals surface area contributed by atoms with Gasteiger partial charge in [0.2, 0.25) is 15.9 Å². The van der Waals surface area contributed by atoms with Crippen molar-refractivity contribution < 1.29 is 26.4 Å². The molecule has 1 aromatic rings. The van der Waals surface area contributed by atoms with Crippen LogP contribution in [0.4, 0.5) is 18.9 Å². The lowest BCUT2D eigenvalue weighted by molar-refractivity contribution is -0.142. The lowest BCUT2D eigenvalue weighted by atomic mass is 10.2. The zero-order chi connectivity index (χ0) is 15.6. The first-order valence-corrected chi connectivity index (χ1v) is 7.10. The summed E-state index contributed by atoms with van der Waals surface area (Å²) in [6.45, 7) is 0. The molecule has 0 bridgehead atoms. The summed E-state index contributed by atoms with van der Waals surface area (Å²) in [4.78, 5) is 11.0. The van der Waals surface area contributed by atoms with Crippen LogP contribution in [0.3, 0.4) is 0 Å². The van der Waals surface area contributed by atoms with Crippen molar-refractivity contribution in [2.45, 2.75) is 23.9 Å². The molecule has 0 spiro atoms. The Morgan fingerprint density at radius 1 is 1.35 bits per heavy atom. The molecule has 0 aliphatic carbocycles. The molecule has 0 radical (unpaired) electrons. The number of carbonyl (C=O) groups is 1. The molecule has 1 amide bonds. The SMILES string of the molecule is NS(=O)(=O)c1ccc(NC(=O)CCC(F)(F)F)c(Cl)c1. The van der Waals surface area contributed by atoms with Gasteiger partial charge in [0, 0.05) is 6.42 Å². The Morgan fingerprint density at radius 2 is 1.95 bits per heavy atom. The number of primary sulfonamides is 1. The van der Waals surface area contributed by atoms with Crippen molar-refractivity contribution in [2.24, 2.45) is 5.14 Å². The fraction of sp³-hybridized carbons (Fsp3) is 0.300. The summed E-state index contributed by atoms with van der Waals surface area (Å²) in [5.41, 5.74) is 0.00578. The van der Waals surface area contributed by atoms with Gasteiger partial charge in [-0.3, -0.25) is 4.79 Å². The second kappa shape index (κ2) is 5.98. The van der Waals surface area contributed by atoms with Crippen LogP contribution in [0.25, 0.3) is 0 Å². The van der Waals surface area contributed by atoms with Gasteiger partial charge in [0.15, 0.2) is 0 Å². The van der Waals surface area contributed by atoms with Crippen LogP contribution in [0.1, 0.15) is 12.8 Å². The maximum atomic E-state index is 11.9. The smallest absolute Gasteiger partial charge is 0.325 e. The molecule has 0 unspecified atom stereocenters. The first kappa shape index (κ1) is 16.7. The molecule has 0 aliphatic heterocycles. The number of benzene rings is 1. The third-order valence-electron chi connectivity index (χ3n) is 2.18. The molecule has 20 heavy (non-hydrogen) atoms. The van der Waals surface area contributed by atoms with Gasteiger partial charge in [-0.15, -0.1) is 0 Å². The average molecular weight is 331 g/mol. The Labute approximate surface area is 118 Å². The van der Waals surface area contributed by atoms with Crippen LogP contribution in [0, 0.1) is 0 Å².